The highest BCUT2D eigenvalue weighted by Gasteiger charge is 2.25. The largest absolute Gasteiger partial charge is 0.398 e. The summed E-state index contributed by atoms with van der Waals surface area (Å²) in [5.74, 6) is 0. The van der Waals surface area contributed by atoms with Crippen LogP contribution in [-0.4, -0.2) is 27.2 Å². The van der Waals surface area contributed by atoms with Gasteiger partial charge in [0.1, 0.15) is 4.90 Å². The fourth-order valence-corrected chi connectivity index (χ4v) is 3.57. The van der Waals surface area contributed by atoms with Crippen LogP contribution in [-0.2, 0) is 14.8 Å². The smallest absolute Gasteiger partial charge is 0.242 e. The number of rotatable bonds is 6. The van der Waals surface area contributed by atoms with Crippen LogP contribution < -0.4 is 10.5 Å². The summed E-state index contributed by atoms with van der Waals surface area (Å²) in [6, 6.07) is 3.43. The number of sulfonamides is 1. The van der Waals surface area contributed by atoms with Gasteiger partial charge in [0.25, 0.3) is 0 Å². The number of anilines is 1. The van der Waals surface area contributed by atoms with E-state index in [1.165, 1.54) is 0 Å². The van der Waals surface area contributed by atoms with Gasteiger partial charge in [-0.1, -0.05) is 6.07 Å². The van der Waals surface area contributed by atoms with Crippen molar-refractivity contribution in [2.24, 2.45) is 0 Å². The van der Waals surface area contributed by atoms with Gasteiger partial charge < -0.3 is 10.5 Å². The second kappa shape index (κ2) is 6.11. The molecule has 1 aromatic carbocycles. The summed E-state index contributed by atoms with van der Waals surface area (Å²) < 4.78 is 32.9. The highest BCUT2D eigenvalue weighted by molar-refractivity contribution is 7.89. The fourth-order valence-electron chi connectivity index (χ4n) is 1.95. The molecule has 0 unspecified atom stereocenters. The lowest BCUT2D eigenvalue weighted by atomic mass is 10.1. The molecule has 0 aliphatic rings. The molecule has 1 aromatic rings. The summed E-state index contributed by atoms with van der Waals surface area (Å²) in [5, 5.41) is 0. The molecule has 0 aromatic heterocycles. The number of benzene rings is 1. The third-order valence-electron chi connectivity index (χ3n) is 3.20. The van der Waals surface area contributed by atoms with Gasteiger partial charge in [-0.3, -0.25) is 0 Å². The van der Waals surface area contributed by atoms with Crippen molar-refractivity contribution in [3.05, 3.63) is 23.3 Å². The highest BCUT2D eigenvalue weighted by Crippen LogP contribution is 2.25. The van der Waals surface area contributed by atoms with Crippen molar-refractivity contribution in [1.82, 2.24) is 4.72 Å². The van der Waals surface area contributed by atoms with Crippen LogP contribution >= 0.6 is 0 Å². The highest BCUT2D eigenvalue weighted by atomic mass is 32.2. The van der Waals surface area contributed by atoms with Gasteiger partial charge in [-0.15, -0.1) is 0 Å². The molecule has 0 heterocycles. The van der Waals surface area contributed by atoms with Crippen LogP contribution in [0.5, 0.6) is 0 Å². The molecule has 20 heavy (non-hydrogen) atoms. The minimum Gasteiger partial charge on any atom is -0.398 e. The van der Waals surface area contributed by atoms with Crippen molar-refractivity contribution >= 4 is 15.7 Å². The number of nitrogens with two attached hydrogens (primary N) is 1. The van der Waals surface area contributed by atoms with Crippen LogP contribution in [0.4, 0.5) is 5.69 Å². The van der Waals surface area contributed by atoms with Gasteiger partial charge in [-0.25, -0.2) is 13.1 Å². The molecule has 0 aliphatic heterocycles. The molecule has 0 amide bonds. The Balaban J connectivity index is 3.04. The Hall–Kier alpha value is -1.11. The van der Waals surface area contributed by atoms with E-state index in [0.29, 0.717) is 12.2 Å². The van der Waals surface area contributed by atoms with Crippen molar-refractivity contribution in [2.45, 2.75) is 45.1 Å². The molecule has 0 radical (unpaired) electrons. The van der Waals surface area contributed by atoms with Gasteiger partial charge in [0.05, 0.1) is 11.3 Å². The third kappa shape index (κ3) is 3.94. The molecule has 0 atom stereocenters. The minimum absolute atomic E-state index is 0.157. The van der Waals surface area contributed by atoms with Crippen LogP contribution in [0, 0.1) is 13.8 Å². The minimum atomic E-state index is -3.65. The Morgan fingerprint density at radius 1 is 1.30 bits per heavy atom. The number of hydrogen-bond donors (Lipinski definition) is 2. The molecule has 1 rings (SSSR count). The van der Waals surface area contributed by atoms with Crippen LogP contribution in [0.2, 0.25) is 0 Å². The number of aryl methyl sites for hydroxylation is 1. The zero-order valence-corrected chi connectivity index (χ0v) is 13.6. The summed E-state index contributed by atoms with van der Waals surface area (Å²) in [6.45, 7) is 9.89. The van der Waals surface area contributed by atoms with Gasteiger partial charge in [-0.2, -0.15) is 0 Å². The lowest BCUT2D eigenvalue weighted by molar-refractivity contribution is -0.00515. The number of nitrogen functional groups attached to an aromatic ring is 1. The van der Waals surface area contributed by atoms with Crippen LogP contribution in [0.3, 0.4) is 0 Å². The predicted molar refractivity (Wildman–Crippen MR) is 81.2 cm³/mol. The molecule has 0 bridgehead atoms. The summed E-state index contributed by atoms with van der Waals surface area (Å²) >= 11 is 0. The van der Waals surface area contributed by atoms with Crippen LogP contribution in [0.1, 0.15) is 31.9 Å². The van der Waals surface area contributed by atoms with Gasteiger partial charge in [-0.05, 0) is 51.8 Å². The lowest BCUT2D eigenvalue weighted by Crippen LogP contribution is -2.40. The third-order valence-corrected chi connectivity index (χ3v) is 4.80. The van der Waals surface area contributed by atoms with Crippen LogP contribution in [0.25, 0.3) is 0 Å². The van der Waals surface area contributed by atoms with Gasteiger partial charge in [0.15, 0.2) is 0 Å². The van der Waals surface area contributed by atoms with Gasteiger partial charge in [0, 0.05) is 13.2 Å². The molecule has 0 aliphatic carbocycles. The first kappa shape index (κ1) is 16.9. The average Bonchev–Trinajstić information content (AvgIpc) is 2.32. The van der Waals surface area contributed by atoms with E-state index in [9.17, 15) is 8.42 Å². The van der Waals surface area contributed by atoms with E-state index in [-0.39, 0.29) is 17.1 Å². The van der Waals surface area contributed by atoms with E-state index >= 15 is 0 Å². The Labute approximate surface area is 121 Å². The van der Waals surface area contributed by atoms with E-state index < -0.39 is 15.6 Å². The molecule has 6 heteroatoms. The monoisotopic (exact) mass is 300 g/mol. The first-order chi connectivity index (χ1) is 9.10. The SMILES string of the molecule is CCOC(C)(C)CNS(=O)(=O)c1c(N)ccc(C)c1C. The maximum atomic E-state index is 12.4. The molecular weight excluding hydrogens is 276 g/mol. The zero-order chi connectivity index (χ0) is 15.6. The first-order valence-corrected chi connectivity index (χ1v) is 8.08. The second-order valence-electron chi connectivity index (χ2n) is 5.44. The molecule has 114 valence electrons. The quantitative estimate of drug-likeness (QED) is 0.787. The molecule has 3 N–H and O–H groups in total. The fraction of sp³-hybridized carbons (Fsp3) is 0.571. The van der Waals surface area contributed by atoms with Crippen molar-refractivity contribution < 1.29 is 13.2 Å². The van der Waals surface area contributed by atoms with E-state index in [0.717, 1.165) is 5.56 Å². The topological polar surface area (TPSA) is 81.4 Å². The number of ether oxygens (including phenoxy) is 1. The van der Waals surface area contributed by atoms with Crippen LogP contribution in [0.15, 0.2) is 17.0 Å². The average molecular weight is 300 g/mol. The molecule has 5 nitrogen and oxygen atoms in total. The van der Waals surface area contributed by atoms with Crippen molar-refractivity contribution in [1.29, 1.82) is 0 Å². The van der Waals surface area contributed by atoms with Crippen molar-refractivity contribution in [2.75, 3.05) is 18.9 Å². The van der Waals surface area contributed by atoms with E-state index in [4.69, 9.17) is 10.5 Å². The summed E-state index contributed by atoms with van der Waals surface area (Å²) in [6.07, 6.45) is 0. The van der Waals surface area contributed by atoms with Crippen molar-refractivity contribution in [3.8, 4) is 0 Å². The predicted octanol–water partition coefficient (Wildman–Crippen LogP) is 1.98. The Morgan fingerprint density at radius 2 is 1.90 bits per heavy atom. The second-order valence-corrected chi connectivity index (χ2v) is 7.15. The number of nitrogens with one attached hydrogen (secondary N) is 1. The molecule has 0 saturated heterocycles. The Morgan fingerprint density at radius 3 is 2.45 bits per heavy atom. The van der Waals surface area contributed by atoms with Gasteiger partial charge >= 0.3 is 0 Å². The van der Waals surface area contributed by atoms with Gasteiger partial charge in [0.2, 0.25) is 10.0 Å². The molecule has 0 saturated carbocycles. The zero-order valence-electron chi connectivity index (χ0n) is 12.8. The molecule has 0 fully saturated rings. The van der Waals surface area contributed by atoms with Crippen molar-refractivity contribution in [3.63, 3.8) is 0 Å². The number of hydrogen-bond acceptors (Lipinski definition) is 4. The Bertz CT molecular complexity index is 580. The van der Waals surface area contributed by atoms with E-state index in [2.05, 4.69) is 4.72 Å². The first-order valence-electron chi connectivity index (χ1n) is 6.60. The lowest BCUT2D eigenvalue weighted by Gasteiger charge is -2.25. The van der Waals surface area contributed by atoms with E-state index in [1.807, 2.05) is 33.8 Å². The maximum absolute atomic E-state index is 12.4. The summed E-state index contributed by atoms with van der Waals surface area (Å²) in [4.78, 5) is 0.157. The molecule has 0 spiro atoms. The van der Waals surface area contributed by atoms with E-state index in [1.54, 1.807) is 13.0 Å². The standard InChI is InChI=1S/C14H24N2O3S/c1-6-19-14(4,5)9-16-20(17,18)13-11(3)10(2)7-8-12(13)15/h7-8,16H,6,9,15H2,1-5H3. The molecular formula is C14H24N2O3S. The summed E-state index contributed by atoms with van der Waals surface area (Å²) in [5.41, 5.74) is 7.09. The summed E-state index contributed by atoms with van der Waals surface area (Å²) in [7, 11) is -3.65. The maximum Gasteiger partial charge on any atom is 0.242 e. The Kier molecular flexibility index (Phi) is 5.18. The normalized spacial score (nSPS) is 12.7.